The number of rotatable bonds is 5. The molecular weight excluding hydrogens is 286 g/mol. The van der Waals surface area contributed by atoms with E-state index in [-0.39, 0.29) is 5.91 Å². The van der Waals surface area contributed by atoms with Crippen molar-refractivity contribution in [1.82, 2.24) is 14.8 Å². The number of likely N-dealkylation sites (N-methyl/N-ethyl adjacent to an activating group) is 1. The van der Waals surface area contributed by atoms with Gasteiger partial charge < -0.3 is 14.8 Å². The first-order valence-corrected chi connectivity index (χ1v) is 8.40. The molecule has 122 valence electrons. The quantitative estimate of drug-likeness (QED) is 0.922. The Morgan fingerprint density at radius 3 is 2.61 bits per heavy atom. The van der Waals surface area contributed by atoms with Crippen molar-refractivity contribution >= 4 is 5.91 Å². The summed E-state index contributed by atoms with van der Waals surface area (Å²) in [6, 6.07) is 12.4. The predicted octanol–water partition coefficient (Wildman–Crippen LogP) is 2.75. The molecule has 1 aromatic carbocycles. The topological polar surface area (TPSA) is 37.3 Å². The van der Waals surface area contributed by atoms with Crippen molar-refractivity contribution in [3.05, 3.63) is 59.9 Å². The molecule has 0 bridgehead atoms. The van der Waals surface area contributed by atoms with Gasteiger partial charge in [-0.05, 0) is 56.3 Å². The normalized spacial score (nSPS) is 18.7. The highest BCUT2D eigenvalue weighted by Gasteiger charge is 2.19. The largest absolute Gasteiger partial charge is 0.350 e. The standard InChI is InChI=1S/C19H25N3O/c1-21-11-3-2-6-18(21)14-20-19(23)17-9-7-16(8-10-17)15-22-12-4-5-13-22/h4-5,7-10,12-13,18H,2-3,6,11,14-15H2,1H3,(H,20,23)/t18-/m1/s1. The van der Waals surface area contributed by atoms with Gasteiger partial charge in [0.1, 0.15) is 0 Å². The number of nitrogens with one attached hydrogen (secondary N) is 1. The van der Waals surface area contributed by atoms with Crippen LogP contribution in [0.15, 0.2) is 48.8 Å². The van der Waals surface area contributed by atoms with Crippen molar-refractivity contribution in [3.63, 3.8) is 0 Å². The Labute approximate surface area is 138 Å². The summed E-state index contributed by atoms with van der Waals surface area (Å²) in [5.74, 6) is 0.0245. The van der Waals surface area contributed by atoms with Crippen LogP contribution in [0.2, 0.25) is 0 Å². The molecule has 1 atom stereocenters. The third-order valence-electron chi connectivity index (χ3n) is 4.67. The van der Waals surface area contributed by atoms with E-state index in [4.69, 9.17) is 0 Å². The number of piperidine rings is 1. The second-order valence-electron chi connectivity index (χ2n) is 6.39. The summed E-state index contributed by atoms with van der Waals surface area (Å²) in [5, 5.41) is 3.08. The Kier molecular flexibility index (Phi) is 5.13. The Bertz CT molecular complexity index is 619. The van der Waals surface area contributed by atoms with Crippen molar-refractivity contribution in [2.24, 2.45) is 0 Å². The molecule has 0 saturated carbocycles. The first-order valence-electron chi connectivity index (χ1n) is 8.40. The highest BCUT2D eigenvalue weighted by atomic mass is 16.1. The van der Waals surface area contributed by atoms with Crippen LogP contribution >= 0.6 is 0 Å². The van der Waals surface area contributed by atoms with Crippen molar-refractivity contribution < 1.29 is 4.79 Å². The summed E-state index contributed by atoms with van der Waals surface area (Å²) in [5.41, 5.74) is 1.93. The second-order valence-corrected chi connectivity index (χ2v) is 6.39. The number of likely N-dealkylation sites (tertiary alicyclic amines) is 1. The average Bonchev–Trinajstić information content (AvgIpc) is 3.07. The monoisotopic (exact) mass is 311 g/mol. The number of nitrogens with zero attached hydrogens (tertiary/aromatic N) is 2. The van der Waals surface area contributed by atoms with Crippen LogP contribution in [0.1, 0.15) is 35.2 Å². The van der Waals surface area contributed by atoms with E-state index in [0.717, 1.165) is 25.2 Å². The van der Waals surface area contributed by atoms with Gasteiger partial charge >= 0.3 is 0 Å². The van der Waals surface area contributed by atoms with E-state index in [9.17, 15) is 4.79 Å². The van der Waals surface area contributed by atoms with Gasteiger partial charge in [0, 0.05) is 37.1 Å². The van der Waals surface area contributed by atoms with E-state index in [1.54, 1.807) is 0 Å². The fraction of sp³-hybridized carbons (Fsp3) is 0.421. The molecule has 2 heterocycles. The minimum atomic E-state index is 0.0245. The summed E-state index contributed by atoms with van der Waals surface area (Å²) in [6.45, 7) is 2.71. The van der Waals surface area contributed by atoms with Crippen molar-refractivity contribution in [3.8, 4) is 0 Å². The lowest BCUT2D eigenvalue weighted by molar-refractivity contribution is 0.0928. The molecule has 1 aromatic heterocycles. The van der Waals surface area contributed by atoms with Crippen LogP contribution in [0.5, 0.6) is 0 Å². The number of carbonyl (C=O) groups is 1. The van der Waals surface area contributed by atoms with Crippen LogP contribution < -0.4 is 5.32 Å². The third-order valence-corrected chi connectivity index (χ3v) is 4.67. The highest BCUT2D eigenvalue weighted by Crippen LogP contribution is 2.14. The number of hydrogen-bond donors (Lipinski definition) is 1. The highest BCUT2D eigenvalue weighted by molar-refractivity contribution is 5.94. The third kappa shape index (κ3) is 4.23. The van der Waals surface area contributed by atoms with E-state index >= 15 is 0 Å². The predicted molar refractivity (Wildman–Crippen MR) is 92.6 cm³/mol. The molecule has 1 saturated heterocycles. The van der Waals surface area contributed by atoms with Gasteiger partial charge in [-0.3, -0.25) is 4.79 Å². The molecule has 0 unspecified atom stereocenters. The second kappa shape index (κ2) is 7.47. The molecule has 1 amide bonds. The van der Waals surface area contributed by atoms with Crippen molar-refractivity contribution in [2.75, 3.05) is 20.1 Å². The van der Waals surface area contributed by atoms with Gasteiger partial charge in [-0.15, -0.1) is 0 Å². The summed E-state index contributed by atoms with van der Waals surface area (Å²) < 4.78 is 2.12. The van der Waals surface area contributed by atoms with E-state index in [1.807, 2.05) is 48.8 Å². The fourth-order valence-corrected chi connectivity index (χ4v) is 3.16. The van der Waals surface area contributed by atoms with Gasteiger partial charge in [0.05, 0.1) is 0 Å². The molecule has 1 N–H and O–H groups in total. The molecule has 3 rings (SSSR count). The van der Waals surface area contributed by atoms with Gasteiger partial charge in [0.25, 0.3) is 5.91 Å². The maximum atomic E-state index is 12.3. The van der Waals surface area contributed by atoms with Crippen LogP contribution in [0, 0.1) is 0 Å². The lowest BCUT2D eigenvalue weighted by Crippen LogP contribution is -2.44. The number of hydrogen-bond acceptors (Lipinski definition) is 2. The van der Waals surface area contributed by atoms with Gasteiger partial charge in [0.15, 0.2) is 0 Å². The van der Waals surface area contributed by atoms with Crippen molar-refractivity contribution in [2.45, 2.75) is 31.8 Å². The van der Waals surface area contributed by atoms with E-state index in [0.29, 0.717) is 6.04 Å². The summed E-state index contributed by atoms with van der Waals surface area (Å²) in [4.78, 5) is 14.6. The maximum Gasteiger partial charge on any atom is 0.251 e. The Hall–Kier alpha value is -2.07. The molecule has 4 nitrogen and oxygen atoms in total. The molecule has 0 spiro atoms. The molecule has 23 heavy (non-hydrogen) atoms. The number of aromatic nitrogens is 1. The minimum absolute atomic E-state index is 0.0245. The van der Waals surface area contributed by atoms with E-state index in [2.05, 4.69) is 21.8 Å². The molecule has 0 aliphatic carbocycles. The maximum absolute atomic E-state index is 12.3. The van der Waals surface area contributed by atoms with Crippen LogP contribution in [0.25, 0.3) is 0 Å². The Balaban J connectivity index is 1.53. The van der Waals surface area contributed by atoms with Crippen molar-refractivity contribution in [1.29, 1.82) is 0 Å². The first kappa shape index (κ1) is 15.8. The zero-order valence-corrected chi connectivity index (χ0v) is 13.7. The summed E-state index contributed by atoms with van der Waals surface area (Å²) in [6.07, 6.45) is 7.79. The zero-order valence-electron chi connectivity index (χ0n) is 13.7. The van der Waals surface area contributed by atoms with Gasteiger partial charge in [-0.25, -0.2) is 0 Å². The van der Waals surface area contributed by atoms with Crippen LogP contribution in [0.4, 0.5) is 0 Å². The van der Waals surface area contributed by atoms with Gasteiger partial charge in [0.2, 0.25) is 0 Å². The lowest BCUT2D eigenvalue weighted by Gasteiger charge is -2.32. The molecule has 1 aliphatic rings. The fourth-order valence-electron chi connectivity index (χ4n) is 3.16. The summed E-state index contributed by atoms with van der Waals surface area (Å²) >= 11 is 0. The lowest BCUT2D eigenvalue weighted by atomic mass is 10.0. The number of carbonyl (C=O) groups excluding carboxylic acids is 1. The van der Waals surface area contributed by atoms with Crippen LogP contribution in [-0.4, -0.2) is 41.6 Å². The zero-order chi connectivity index (χ0) is 16.1. The minimum Gasteiger partial charge on any atom is -0.350 e. The van der Waals surface area contributed by atoms with Crippen LogP contribution in [0.3, 0.4) is 0 Å². The van der Waals surface area contributed by atoms with Gasteiger partial charge in [-0.2, -0.15) is 0 Å². The molecule has 2 aromatic rings. The molecular formula is C19H25N3O. The molecule has 1 aliphatic heterocycles. The smallest absolute Gasteiger partial charge is 0.251 e. The molecule has 4 heteroatoms. The number of benzene rings is 1. The SMILES string of the molecule is CN1CCCC[C@@H]1CNC(=O)c1ccc(Cn2cccc2)cc1. The molecule has 1 fully saturated rings. The van der Waals surface area contributed by atoms with E-state index in [1.165, 1.54) is 24.8 Å². The van der Waals surface area contributed by atoms with E-state index < -0.39 is 0 Å². The Morgan fingerprint density at radius 2 is 1.91 bits per heavy atom. The summed E-state index contributed by atoms with van der Waals surface area (Å²) in [7, 11) is 2.14. The molecule has 0 radical (unpaired) electrons. The first-order chi connectivity index (χ1) is 11.2. The van der Waals surface area contributed by atoms with Crippen LogP contribution in [-0.2, 0) is 6.54 Å². The van der Waals surface area contributed by atoms with Gasteiger partial charge in [-0.1, -0.05) is 18.6 Å². The average molecular weight is 311 g/mol. The Morgan fingerprint density at radius 1 is 1.17 bits per heavy atom. The number of amides is 1.